The number of nitrogens with one attached hydrogen (secondary N) is 1. The quantitative estimate of drug-likeness (QED) is 0.255. The summed E-state index contributed by atoms with van der Waals surface area (Å²) < 4.78 is 5.29. The molecule has 0 aliphatic carbocycles. The number of carbonyl (C=O) groups excluding carboxylic acids is 1. The van der Waals surface area contributed by atoms with Gasteiger partial charge >= 0.3 is 5.97 Å². The van der Waals surface area contributed by atoms with Crippen LogP contribution in [0.4, 0.5) is 0 Å². The van der Waals surface area contributed by atoms with E-state index in [0.717, 1.165) is 45.1 Å². The molecule has 0 saturated carbocycles. The summed E-state index contributed by atoms with van der Waals surface area (Å²) in [6.07, 6.45) is 5.27. The second-order valence-electron chi connectivity index (χ2n) is 7.74. The molecule has 0 spiro atoms. The number of unbranched alkanes of at least 4 members (excludes halogenated alkanes) is 3. The fourth-order valence-corrected chi connectivity index (χ4v) is 3.33. The van der Waals surface area contributed by atoms with Crippen molar-refractivity contribution in [2.75, 3.05) is 19.7 Å². The number of rotatable bonds is 15. The number of ether oxygens (including phenoxy) is 1. The summed E-state index contributed by atoms with van der Waals surface area (Å²) in [5.74, 6) is -0.104. The number of aryl methyl sites for hydroxylation is 1. The van der Waals surface area contributed by atoms with E-state index in [9.17, 15) is 20.1 Å². The van der Waals surface area contributed by atoms with Crippen molar-refractivity contribution in [3.63, 3.8) is 0 Å². The molecule has 2 aromatic rings. The van der Waals surface area contributed by atoms with Crippen LogP contribution in [0.15, 0.2) is 48.5 Å². The highest BCUT2D eigenvalue weighted by Gasteiger charge is 2.10. The third-order valence-corrected chi connectivity index (χ3v) is 5.20. The van der Waals surface area contributed by atoms with Gasteiger partial charge in [-0.05, 0) is 61.9 Å². The third-order valence-electron chi connectivity index (χ3n) is 5.20. The fraction of sp³-hybridized carbons (Fsp3) is 0.480. The molecule has 0 bridgehead atoms. The molecule has 1 atom stereocenters. The zero-order valence-corrected chi connectivity index (χ0v) is 18.1. The van der Waals surface area contributed by atoms with Crippen molar-refractivity contribution in [2.24, 2.45) is 0 Å². The number of aromatic hydroxyl groups is 1. The van der Waals surface area contributed by atoms with Gasteiger partial charge in [0.05, 0.1) is 19.3 Å². The molecule has 0 aromatic heterocycles. The summed E-state index contributed by atoms with van der Waals surface area (Å²) in [7, 11) is 0. The summed E-state index contributed by atoms with van der Waals surface area (Å²) in [4.78, 5) is 11.8. The third kappa shape index (κ3) is 9.96. The standard InChI is InChI=1S/C25H35NO5/c27-19-22-17-21(13-14-23(22)28)24(29)18-26-15-7-2-5-12-25(30)31-16-8-6-11-20-9-3-1-4-10-20/h1,3-4,9-10,13-14,17,24,26-29H,2,5-8,11-12,15-16,18-19H2. The molecule has 2 rings (SSSR count). The first kappa shape index (κ1) is 24.9. The molecule has 4 N–H and O–H groups in total. The number of phenols is 1. The van der Waals surface area contributed by atoms with Crippen LogP contribution in [0.1, 0.15) is 61.3 Å². The van der Waals surface area contributed by atoms with Crippen molar-refractivity contribution in [3.05, 3.63) is 65.2 Å². The van der Waals surface area contributed by atoms with Crippen molar-refractivity contribution in [2.45, 2.75) is 57.7 Å². The minimum atomic E-state index is -0.706. The van der Waals surface area contributed by atoms with Crippen molar-refractivity contribution in [3.8, 4) is 5.75 Å². The van der Waals surface area contributed by atoms with Gasteiger partial charge in [-0.2, -0.15) is 0 Å². The van der Waals surface area contributed by atoms with Crippen LogP contribution in [0.2, 0.25) is 0 Å². The highest BCUT2D eigenvalue weighted by molar-refractivity contribution is 5.69. The smallest absolute Gasteiger partial charge is 0.305 e. The number of aliphatic hydroxyl groups is 2. The number of aliphatic hydroxyl groups excluding tert-OH is 2. The van der Waals surface area contributed by atoms with Gasteiger partial charge in [0, 0.05) is 18.5 Å². The Morgan fingerprint density at radius 3 is 2.58 bits per heavy atom. The number of benzene rings is 2. The summed E-state index contributed by atoms with van der Waals surface area (Å²) in [5, 5.41) is 32.2. The van der Waals surface area contributed by atoms with E-state index in [1.807, 2.05) is 18.2 Å². The van der Waals surface area contributed by atoms with Crippen LogP contribution in [-0.2, 0) is 22.6 Å². The molecule has 2 aromatic carbocycles. The fourth-order valence-electron chi connectivity index (χ4n) is 3.33. The predicted octanol–water partition coefficient (Wildman–Crippen LogP) is 3.63. The summed E-state index contributed by atoms with van der Waals surface area (Å²) in [6.45, 7) is 1.35. The highest BCUT2D eigenvalue weighted by atomic mass is 16.5. The first-order valence-electron chi connectivity index (χ1n) is 11.1. The van der Waals surface area contributed by atoms with Crippen LogP contribution >= 0.6 is 0 Å². The van der Waals surface area contributed by atoms with E-state index in [-0.39, 0.29) is 18.3 Å². The predicted molar refractivity (Wildman–Crippen MR) is 121 cm³/mol. The normalized spacial score (nSPS) is 11.9. The Hall–Kier alpha value is -2.41. The summed E-state index contributed by atoms with van der Waals surface area (Å²) >= 11 is 0. The maximum Gasteiger partial charge on any atom is 0.305 e. The zero-order chi connectivity index (χ0) is 22.3. The molecule has 31 heavy (non-hydrogen) atoms. The van der Waals surface area contributed by atoms with E-state index in [4.69, 9.17) is 4.74 Å². The minimum absolute atomic E-state index is 0.0251. The van der Waals surface area contributed by atoms with Gasteiger partial charge < -0.3 is 25.4 Å². The Bertz CT molecular complexity index is 766. The van der Waals surface area contributed by atoms with Gasteiger partial charge in [0.15, 0.2) is 0 Å². The van der Waals surface area contributed by atoms with Crippen LogP contribution in [0, 0.1) is 0 Å². The van der Waals surface area contributed by atoms with Gasteiger partial charge in [-0.1, -0.05) is 42.8 Å². The molecule has 0 aliphatic rings. The van der Waals surface area contributed by atoms with Crippen LogP contribution in [0.25, 0.3) is 0 Å². The molecular weight excluding hydrogens is 394 g/mol. The van der Waals surface area contributed by atoms with Gasteiger partial charge in [-0.25, -0.2) is 0 Å². The van der Waals surface area contributed by atoms with Crippen molar-refractivity contribution in [1.29, 1.82) is 0 Å². The van der Waals surface area contributed by atoms with Gasteiger partial charge in [-0.3, -0.25) is 4.79 Å². The molecule has 0 amide bonds. The molecule has 0 fully saturated rings. The maximum absolute atomic E-state index is 11.8. The second kappa shape index (κ2) is 14.6. The molecule has 6 nitrogen and oxygen atoms in total. The zero-order valence-electron chi connectivity index (χ0n) is 18.1. The van der Waals surface area contributed by atoms with Gasteiger partial charge in [-0.15, -0.1) is 0 Å². The van der Waals surface area contributed by atoms with Gasteiger partial charge in [0.1, 0.15) is 5.75 Å². The Kier molecular flexibility index (Phi) is 11.7. The lowest BCUT2D eigenvalue weighted by atomic mass is 10.1. The molecule has 1 unspecified atom stereocenters. The first-order chi connectivity index (χ1) is 15.1. The maximum atomic E-state index is 11.8. The number of hydrogen-bond donors (Lipinski definition) is 4. The van der Waals surface area contributed by atoms with Gasteiger partial charge in [0.2, 0.25) is 0 Å². The Balaban J connectivity index is 1.44. The minimum Gasteiger partial charge on any atom is -0.508 e. The molecule has 0 aliphatic heterocycles. The monoisotopic (exact) mass is 429 g/mol. The van der Waals surface area contributed by atoms with Crippen molar-refractivity contribution >= 4 is 5.97 Å². The lowest BCUT2D eigenvalue weighted by molar-refractivity contribution is -0.143. The summed E-state index contributed by atoms with van der Waals surface area (Å²) in [5.41, 5.74) is 2.37. The molecular formula is C25H35NO5. The van der Waals surface area contributed by atoms with E-state index >= 15 is 0 Å². The molecule has 170 valence electrons. The largest absolute Gasteiger partial charge is 0.508 e. The molecule has 0 heterocycles. The average molecular weight is 430 g/mol. The topological polar surface area (TPSA) is 99.0 Å². The Labute approximate surface area is 184 Å². The van der Waals surface area contributed by atoms with Crippen LogP contribution in [-0.4, -0.2) is 41.0 Å². The van der Waals surface area contributed by atoms with Gasteiger partial charge in [0.25, 0.3) is 0 Å². The molecule has 6 heteroatoms. The SMILES string of the molecule is O=C(CCCCCNCC(O)c1ccc(O)c(CO)c1)OCCCCc1ccccc1. The number of esters is 1. The van der Waals surface area contributed by atoms with E-state index in [1.54, 1.807) is 12.1 Å². The summed E-state index contributed by atoms with van der Waals surface area (Å²) in [6, 6.07) is 15.0. The first-order valence-corrected chi connectivity index (χ1v) is 11.1. The van der Waals surface area contributed by atoms with Crippen molar-refractivity contribution in [1.82, 2.24) is 5.32 Å². The van der Waals surface area contributed by atoms with E-state index < -0.39 is 6.10 Å². The lowest BCUT2D eigenvalue weighted by Gasteiger charge is -2.14. The number of carbonyl (C=O) groups is 1. The average Bonchev–Trinajstić information content (AvgIpc) is 2.79. The van der Waals surface area contributed by atoms with Crippen LogP contribution < -0.4 is 5.32 Å². The molecule has 0 radical (unpaired) electrons. The second-order valence-corrected chi connectivity index (χ2v) is 7.74. The Morgan fingerprint density at radius 2 is 1.81 bits per heavy atom. The van der Waals surface area contributed by atoms with E-state index in [0.29, 0.717) is 30.7 Å². The van der Waals surface area contributed by atoms with Crippen molar-refractivity contribution < 1.29 is 24.9 Å². The number of hydrogen-bond acceptors (Lipinski definition) is 6. The Morgan fingerprint density at radius 1 is 1.00 bits per heavy atom. The van der Waals surface area contributed by atoms with E-state index in [2.05, 4.69) is 17.4 Å². The van der Waals surface area contributed by atoms with E-state index in [1.165, 1.54) is 11.6 Å². The van der Waals surface area contributed by atoms with Crippen LogP contribution in [0.5, 0.6) is 5.75 Å². The lowest BCUT2D eigenvalue weighted by Crippen LogP contribution is -2.22. The molecule has 0 saturated heterocycles. The van der Waals surface area contributed by atoms with Crippen LogP contribution in [0.3, 0.4) is 0 Å². The highest BCUT2D eigenvalue weighted by Crippen LogP contribution is 2.22.